The number of likely N-dealkylation sites (tertiary alicyclic amines) is 1. The van der Waals surface area contributed by atoms with E-state index in [4.69, 9.17) is 9.26 Å². The lowest BCUT2D eigenvalue weighted by Crippen LogP contribution is -2.44. The van der Waals surface area contributed by atoms with E-state index in [1.54, 1.807) is 12.3 Å². The maximum absolute atomic E-state index is 12.9. The van der Waals surface area contributed by atoms with Gasteiger partial charge in [0.25, 0.3) is 5.91 Å². The molecule has 6 heteroatoms. The van der Waals surface area contributed by atoms with Gasteiger partial charge in [-0.05, 0) is 51.7 Å². The summed E-state index contributed by atoms with van der Waals surface area (Å²) in [5.74, 6) is 0.182. The number of carbonyl (C=O) groups excluding carboxylic acids is 1. The molecule has 0 N–H and O–H groups in total. The van der Waals surface area contributed by atoms with Gasteiger partial charge in [-0.3, -0.25) is 9.78 Å². The van der Waals surface area contributed by atoms with Gasteiger partial charge in [-0.25, -0.2) is 0 Å². The molecule has 0 bridgehead atoms. The first-order chi connectivity index (χ1) is 12.1. The van der Waals surface area contributed by atoms with Crippen LogP contribution in [-0.2, 0) is 4.74 Å². The predicted molar refractivity (Wildman–Crippen MR) is 94.1 cm³/mol. The van der Waals surface area contributed by atoms with Crippen LogP contribution < -0.4 is 0 Å². The van der Waals surface area contributed by atoms with Crippen molar-refractivity contribution in [2.45, 2.75) is 51.7 Å². The Morgan fingerprint density at radius 1 is 1.36 bits per heavy atom. The summed E-state index contributed by atoms with van der Waals surface area (Å²) in [5, 5.41) is 4.00. The van der Waals surface area contributed by atoms with E-state index in [1.165, 1.54) is 0 Å². The van der Waals surface area contributed by atoms with Gasteiger partial charge in [-0.15, -0.1) is 0 Å². The minimum atomic E-state index is -0.0936. The molecule has 0 spiro atoms. The molecule has 2 aromatic rings. The maximum Gasteiger partial charge on any atom is 0.292 e. The zero-order chi connectivity index (χ0) is 17.6. The molecule has 0 aromatic carbocycles. The molecule has 0 unspecified atom stereocenters. The molecule has 25 heavy (non-hydrogen) atoms. The number of nitrogens with zero attached hydrogens (tertiary/aromatic N) is 3. The van der Waals surface area contributed by atoms with Gasteiger partial charge in [0.05, 0.1) is 11.8 Å². The molecule has 1 aliphatic rings. The summed E-state index contributed by atoms with van der Waals surface area (Å²) in [6.45, 7) is 5.47. The van der Waals surface area contributed by atoms with Crippen molar-refractivity contribution in [1.82, 2.24) is 15.0 Å². The molecule has 1 fully saturated rings. The van der Waals surface area contributed by atoms with Crippen molar-refractivity contribution < 1.29 is 14.1 Å². The van der Waals surface area contributed by atoms with E-state index in [9.17, 15) is 4.79 Å². The van der Waals surface area contributed by atoms with E-state index in [-0.39, 0.29) is 23.8 Å². The lowest BCUT2D eigenvalue weighted by Gasteiger charge is -2.35. The van der Waals surface area contributed by atoms with Gasteiger partial charge < -0.3 is 14.2 Å². The molecule has 2 aromatic heterocycles. The number of amides is 1. The largest absolute Gasteiger partial charge is 0.379 e. The summed E-state index contributed by atoms with van der Waals surface area (Å²) in [5.41, 5.74) is 1.28. The minimum absolute atomic E-state index is 0.0936. The fourth-order valence-corrected chi connectivity index (χ4v) is 3.16. The molecule has 0 radical (unpaired) electrons. The Kier molecular flexibility index (Phi) is 5.81. The van der Waals surface area contributed by atoms with Crippen molar-refractivity contribution in [2.24, 2.45) is 0 Å². The fraction of sp³-hybridized carbons (Fsp3) is 0.526. The lowest BCUT2D eigenvalue weighted by molar-refractivity contribution is 0.0374. The van der Waals surface area contributed by atoms with E-state index in [0.29, 0.717) is 18.0 Å². The van der Waals surface area contributed by atoms with Crippen LogP contribution in [-0.4, -0.2) is 46.2 Å². The van der Waals surface area contributed by atoms with Crippen LogP contribution in [0.15, 0.2) is 35.0 Å². The Bertz CT molecular complexity index is 684. The second-order valence-corrected chi connectivity index (χ2v) is 6.65. The van der Waals surface area contributed by atoms with Gasteiger partial charge in [0.1, 0.15) is 5.69 Å². The summed E-state index contributed by atoms with van der Waals surface area (Å²) in [6.07, 6.45) is 5.93. The second kappa shape index (κ2) is 8.25. The number of pyridine rings is 1. The average Bonchev–Trinajstić information content (AvgIpc) is 3.12. The molecule has 1 amide bonds. The number of aromatic nitrogens is 2. The number of rotatable bonds is 6. The average molecular weight is 343 g/mol. The van der Waals surface area contributed by atoms with Crippen LogP contribution >= 0.6 is 0 Å². The molecule has 1 saturated heterocycles. The Morgan fingerprint density at radius 2 is 2.24 bits per heavy atom. The van der Waals surface area contributed by atoms with Crippen LogP contribution in [0.5, 0.6) is 0 Å². The van der Waals surface area contributed by atoms with E-state index >= 15 is 0 Å². The normalized spacial score (nSPS) is 17.9. The van der Waals surface area contributed by atoms with Gasteiger partial charge in [0, 0.05) is 31.5 Å². The quantitative estimate of drug-likeness (QED) is 0.802. The molecule has 1 atom stereocenters. The molecule has 6 nitrogen and oxygen atoms in total. The highest BCUT2D eigenvalue weighted by Gasteiger charge is 2.29. The standard InChI is InChI=1S/C19H25N3O3/c1-14(2)24-12-9-15-7-4-6-11-22(15)19(23)18-13-17(21-25-18)16-8-3-5-10-20-16/h3,5,8,10,13-15H,4,6-7,9,11-12H2,1-2H3/t15-/m0/s1. The molecule has 0 saturated carbocycles. The lowest BCUT2D eigenvalue weighted by atomic mass is 9.99. The summed E-state index contributed by atoms with van der Waals surface area (Å²) in [6, 6.07) is 7.45. The van der Waals surface area contributed by atoms with Gasteiger partial charge >= 0.3 is 0 Å². The van der Waals surface area contributed by atoms with Crippen LogP contribution in [0.1, 0.15) is 50.1 Å². The van der Waals surface area contributed by atoms with Gasteiger partial charge in [0.2, 0.25) is 5.76 Å². The SMILES string of the molecule is CC(C)OCC[C@@H]1CCCCN1C(=O)c1cc(-c2ccccn2)no1. The molecule has 3 heterocycles. The minimum Gasteiger partial charge on any atom is -0.379 e. The molecule has 134 valence electrons. The van der Waals surface area contributed by atoms with Crippen LogP contribution in [0.25, 0.3) is 11.4 Å². The topological polar surface area (TPSA) is 68.5 Å². The summed E-state index contributed by atoms with van der Waals surface area (Å²) in [4.78, 5) is 19.0. The third-order valence-electron chi connectivity index (χ3n) is 4.44. The first kappa shape index (κ1) is 17.6. The van der Waals surface area contributed by atoms with Crippen LogP contribution in [0.3, 0.4) is 0 Å². The Balaban J connectivity index is 1.69. The maximum atomic E-state index is 12.9. The van der Waals surface area contributed by atoms with E-state index < -0.39 is 0 Å². The second-order valence-electron chi connectivity index (χ2n) is 6.65. The molecular formula is C19H25N3O3. The number of hydrogen-bond donors (Lipinski definition) is 0. The predicted octanol–water partition coefficient (Wildman–Crippen LogP) is 3.55. The van der Waals surface area contributed by atoms with Gasteiger partial charge in [0.15, 0.2) is 0 Å². The van der Waals surface area contributed by atoms with Crippen molar-refractivity contribution in [1.29, 1.82) is 0 Å². The molecule has 0 aliphatic carbocycles. The first-order valence-corrected chi connectivity index (χ1v) is 8.96. The Morgan fingerprint density at radius 3 is 3.00 bits per heavy atom. The third kappa shape index (κ3) is 4.45. The zero-order valence-electron chi connectivity index (χ0n) is 14.9. The summed E-state index contributed by atoms with van der Waals surface area (Å²) >= 11 is 0. The fourth-order valence-electron chi connectivity index (χ4n) is 3.16. The highest BCUT2D eigenvalue weighted by molar-refractivity contribution is 5.92. The van der Waals surface area contributed by atoms with Gasteiger partial charge in [-0.1, -0.05) is 11.2 Å². The van der Waals surface area contributed by atoms with E-state index in [0.717, 1.165) is 32.2 Å². The van der Waals surface area contributed by atoms with E-state index in [2.05, 4.69) is 10.1 Å². The van der Waals surface area contributed by atoms with Crippen LogP contribution in [0.2, 0.25) is 0 Å². The van der Waals surface area contributed by atoms with Crippen molar-refractivity contribution in [2.75, 3.05) is 13.2 Å². The van der Waals surface area contributed by atoms with Crippen molar-refractivity contribution in [3.05, 3.63) is 36.2 Å². The molecular weight excluding hydrogens is 318 g/mol. The Hall–Kier alpha value is -2.21. The van der Waals surface area contributed by atoms with E-state index in [1.807, 2.05) is 36.9 Å². The summed E-state index contributed by atoms with van der Waals surface area (Å²) < 4.78 is 11.0. The van der Waals surface area contributed by atoms with Crippen molar-refractivity contribution in [3.63, 3.8) is 0 Å². The third-order valence-corrected chi connectivity index (χ3v) is 4.44. The first-order valence-electron chi connectivity index (χ1n) is 8.96. The number of carbonyl (C=O) groups is 1. The number of piperidine rings is 1. The van der Waals surface area contributed by atoms with Crippen LogP contribution in [0, 0.1) is 0 Å². The number of hydrogen-bond acceptors (Lipinski definition) is 5. The molecule has 1 aliphatic heterocycles. The highest BCUT2D eigenvalue weighted by atomic mass is 16.5. The highest BCUT2D eigenvalue weighted by Crippen LogP contribution is 2.24. The van der Waals surface area contributed by atoms with Crippen molar-refractivity contribution in [3.8, 4) is 11.4 Å². The van der Waals surface area contributed by atoms with Crippen molar-refractivity contribution >= 4 is 5.91 Å². The Labute approximate surface area is 148 Å². The summed E-state index contributed by atoms with van der Waals surface area (Å²) in [7, 11) is 0. The molecule has 3 rings (SSSR count). The smallest absolute Gasteiger partial charge is 0.292 e. The zero-order valence-corrected chi connectivity index (χ0v) is 14.9. The monoisotopic (exact) mass is 343 g/mol. The van der Waals surface area contributed by atoms with Gasteiger partial charge in [-0.2, -0.15) is 0 Å². The van der Waals surface area contributed by atoms with Crippen LogP contribution in [0.4, 0.5) is 0 Å². The number of ether oxygens (including phenoxy) is 1.